The highest BCUT2D eigenvalue weighted by Crippen LogP contribution is 2.19. The molecule has 0 saturated heterocycles. The summed E-state index contributed by atoms with van der Waals surface area (Å²) in [6.45, 7) is -2.21. The normalized spacial score (nSPS) is 12.5. The molecule has 0 aromatic heterocycles. The molecule has 1 aromatic rings. The highest BCUT2D eigenvalue weighted by atomic mass is 79.9. The number of alkyl halides is 3. The van der Waals surface area contributed by atoms with E-state index in [0.29, 0.717) is 8.78 Å². The molecule has 1 N–H and O–H groups in total. The van der Waals surface area contributed by atoms with Crippen molar-refractivity contribution in [3.8, 4) is 0 Å². The maximum Gasteiger partial charge on any atom is 0.405 e. The summed E-state index contributed by atoms with van der Waals surface area (Å²) in [6.07, 6.45) is -4.54. The number of nitrogens with one attached hydrogen (secondary N) is 1. The first kappa shape index (κ1) is 17.9. The molecular formula is C11H12BrF3N2O3S. The lowest BCUT2D eigenvalue weighted by Gasteiger charge is -2.17. The topological polar surface area (TPSA) is 66.5 Å². The van der Waals surface area contributed by atoms with Gasteiger partial charge in [0.25, 0.3) is 0 Å². The van der Waals surface area contributed by atoms with E-state index in [0.717, 1.165) is 7.05 Å². The van der Waals surface area contributed by atoms with Crippen LogP contribution < -0.4 is 5.32 Å². The van der Waals surface area contributed by atoms with E-state index in [9.17, 15) is 26.4 Å². The molecule has 1 amide bonds. The molecule has 5 nitrogen and oxygen atoms in total. The predicted octanol–water partition coefficient (Wildman–Crippen LogP) is 1.75. The molecule has 0 atom stereocenters. The van der Waals surface area contributed by atoms with E-state index >= 15 is 0 Å². The molecule has 0 bridgehead atoms. The van der Waals surface area contributed by atoms with Gasteiger partial charge in [0.05, 0.1) is 11.4 Å². The highest BCUT2D eigenvalue weighted by Gasteiger charge is 2.29. The minimum absolute atomic E-state index is 0.0667. The van der Waals surface area contributed by atoms with Crippen molar-refractivity contribution < 1.29 is 26.4 Å². The second-order valence-electron chi connectivity index (χ2n) is 4.11. The van der Waals surface area contributed by atoms with Gasteiger partial charge < -0.3 is 5.32 Å². The molecule has 0 aliphatic heterocycles. The number of rotatable bonds is 5. The van der Waals surface area contributed by atoms with Gasteiger partial charge in [0.15, 0.2) is 0 Å². The molecule has 0 fully saturated rings. The number of amides is 1. The number of nitrogens with zero attached hydrogens (tertiary/aromatic N) is 1. The van der Waals surface area contributed by atoms with Crippen LogP contribution in [0.5, 0.6) is 0 Å². The Morgan fingerprint density at radius 3 is 2.52 bits per heavy atom. The third kappa shape index (κ3) is 5.64. The third-order valence-corrected chi connectivity index (χ3v) is 4.65. The zero-order valence-corrected chi connectivity index (χ0v) is 13.2. The van der Waals surface area contributed by atoms with Crippen molar-refractivity contribution >= 4 is 31.9 Å². The van der Waals surface area contributed by atoms with Crippen LogP contribution in [0.2, 0.25) is 0 Å². The van der Waals surface area contributed by atoms with E-state index in [1.807, 2.05) is 0 Å². The van der Waals surface area contributed by atoms with Crippen LogP contribution in [-0.4, -0.2) is 44.9 Å². The Morgan fingerprint density at radius 1 is 1.38 bits per heavy atom. The van der Waals surface area contributed by atoms with Crippen LogP contribution in [0.15, 0.2) is 33.6 Å². The zero-order chi connectivity index (χ0) is 16.3. The fourth-order valence-electron chi connectivity index (χ4n) is 1.35. The summed E-state index contributed by atoms with van der Waals surface area (Å²) in [5.41, 5.74) is 0. The van der Waals surface area contributed by atoms with Gasteiger partial charge in [-0.2, -0.15) is 17.5 Å². The van der Waals surface area contributed by atoms with Gasteiger partial charge in [-0.05, 0) is 18.2 Å². The highest BCUT2D eigenvalue weighted by molar-refractivity contribution is 9.10. The van der Waals surface area contributed by atoms with E-state index in [-0.39, 0.29) is 4.90 Å². The Kier molecular flexibility index (Phi) is 5.76. The van der Waals surface area contributed by atoms with Gasteiger partial charge in [-0.25, -0.2) is 8.42 Å². The number of likely N-dealkylation sites (N-methyl/N-ethyl adjacent to an activating group) is 1. The third-order valence-electron chi connectivity index (χ3n) is 2.36. The molecule has 0 unspecified atom stereocenters. The van der Waals surface area contributed by atoms with Crippen LogP contribution in [0.3, 0.4) is 0 Å². The Morgan fingerprint density at radius 2 is 2.00 bits per heavy atom. The van der Waals surface area contributed by atoms with Gasteiger partial charge in [0.2, 0.25) is 15.9 Å². The number of hydrogen-bond acceptors (Lipinski definition) is 3. The van der Waals surface area contributed by atoms with Crippen LogP contribution in [0.1, 0.15) is 0 Å². The van der Waals surface area contributed by atoms with Gasteiger partial charge in [0.1, 0.15) is 6.54 Å². The van der Waals surface area contributed by atoms with Crippen molar-refractivity contribution in [3.63, 3.8) is 0 Å². The average Bonchev–Trinajstić information content (AvgIpc) is 2.35. The second kappa shape index (κ2) is 6.75. The molecule has 10 heteroatoms. The molecule has 0 aliphatic carbocycles. The van der Waals surface area contributed by atoms with E-state index in [1.165, 1.54) is 18.2 Å². The number of carbonyl (C=O) groups is 1. The first-order valence-electron chi connectivity index (χ1n) is 5.58. The number of sulfonamides is 1. The van der Waals surface area contributed by atoms with Crippen molar-refractivity contribution in [3.05, 3.63) is 28.7 Å². The maximum absolute atomic E-state index is 12.1. The summed E-state index contributed by atoms with van der Waals surface area (Å²) in [7, 11) is -2.83. The largest absolute Gasteiger partial charge is 0.405 e. The minimum atomic E-state index is -4.54. The summed E-state index contributed by atoms with van der Waals surface area (Å²) in [5.74, 6) is -1.03. The summed E-state index contributed by atoms with van der Waals surface area (Å²) in [4.78, 5) is 11.3. The van der Waals surface area contributed by atoms with Crippen molar-refractivity contribution in [2.24, 2.45) is 0 Å². The molecule has 0 aliphatic rings. The molecule has 0 radical (unpaired) electrons. The zero-order valence-electron chi connectivity index (χ0n) is 10.8. The molecule has 0 spiro atoms. The lowest BCUT2D eigenvalue weighted by atomic mass is 10.4. The Balaban J connectivity index is 2.74. The Bertz CT molecular complexity index is 619. The van der Waals surface area contributed by atoms with Crippen LogP contribution >= 0.6 is 15.9 Å². The summed E-state index contributed by atoms with van der Waals surface area (Å²) in [6, 6.07) is 5.77. The number of benzene rings is 1. The molecule has 118 valence electrons. The van der Waals surface area contributed by atoms with Crippen LogP contribution in [0, 0.1) is 0 Å². The fourth-order valence-corrected chi connectivity index (χ4v) is 3.07. The van der Waals surface area contributed by atoms with Crippen molar-refractivity contribution in [1.29, 1.82) is 0 Å². The van der Waals surface area contributed by atoms with E-state index in [4.69, 9.17) is 0 Å². The van der Waals surface area contributed by atoms with Crippen molar-refractivity contribution in [2.75, 3.05) is 20.1 Å². The molecule has 21 heavy (non-hydrogen) atoms. The number of hydrogen-bond donors (Lipinski definition) is 1. The van der Waals surface area contributed by atoms with Crippen molar-refractivity contribution in [2.45, 2.75) is 11.1 Å². The van der Waals surface area contributed by atoms with Crippen LogP contribution in [0.25, 0.3) is 0 Å². The lowest BCUT2D eigenvalue weighted by molar-refractivity contribution is -0.138. The number of carbonyl (C=O) groups excluding carboxylic acids is 1. The first-order chi connectivity index (χ1) is 9.52. The standard InChI is InChI=1S/C11H12BrF3N2O3S/c1-17(6-10(18)16-7-11(13,14)15)21(19,20)9-4-2-3-8(12)5-9/h2-5H,6-7H2,1H3,(H,16,18). The summed E-state index contributed by atoms with van der Waals surface area (Å²) >= 11 is 3.11. The Hall–Kier alpha value is -1.13. The molecule has 1 rings (SSSR count). The van der Waals surface area contributed by atoms with Gasteiger partial charge in [-0.1, -0.05) is 22.0 Å². The van der Waals surface area contributed by atoms with E-state index < -0.39 is 35.2 Å². The van der Waals surface area contributed by atoms with Crippen LogP contribution in [-0.2, 0) is 14.8 Å². The molecule has 0 saturated carbocycles. The summed E-state index contributed by atoms with van der Waals surface area (Å²) in [5, 5.41) is 1.61. The van der Waals surface area contributed by atoms with Gasteiger partial charge in [-0.3, -0.25) is 4.79 Å². The maximum atomic E-state index is 12.1. The fraction of sp³-hybridized carbons (Fsp3) is 0.364. The van der Waals surface area contributed by atoms with E-state index in [1.54, 1.807) is 11.4 Å². The van der Waals surface area contributed by atoms with E-state index in [2.05, 4.69) is 15.9 Å². The smallest absolute Gasteiger partial charge is 0.346 e. The van der Waals surface area contributed by atoms with Crippen LogP contribution in [0.4, 0.5) is 13.2 Å². The quantitative estimate of drug-likeness (QED) is 0.835. The monoisotopic (exact) mass is 388 g/mol. The Labute approximate surface area is 128 Å². The van der Waals surface area contributed by atoms with Gasteiger partial charge in [0, 0.05) is 11.5 Å². The average molecular weight is 389 g/mol. The number of halogens is 4. The lowest BCUT2D eigenvalue weighted by Crippen LogP contribution is -2.41. The van der Waals surface area contributed by atoms with Crippen molar-refractivity contribution in [1.82, 2.24) is 9.62 Å². The minimum Gasteiger partial charge on any atom is -0.346 e. The first-order valence-corrected chi connectivity index (χ1v) is 7.81. The molecular weight excluding hydrogens is 377 g/mol. The second-order valence-corrected chi connectivity index (χ2v) is 7.07. The molecule has 1 aromatic carbocycles. The van der Waals surface area contributed by atoms with Gasteiger partial charge in [-0.15, -0.1) is 0 Å². The SMILES string of the molecule is CN(CC(=O)NCC(F)(F)F)S(=O)(=O)c1cccc(Br)c1. The summed E-state index contributed by atoms with van der Waals surface area (Å²) < 4.78 is 61.3. The van der Waals surface area contributed by atoms with Gasteiger partial charge >= 0.3 is 6.18 Å². The molecule has 0 heterocycles. The predicted molar refractivity (Wildman–Crippen MR) is 73.0 cm³/mol.